The quantitative estimate of drug-likeness (QED) is 0.784. The molecular weight excluding hydrogens is 228 g/mol. The number of hydrogen-bond donors (Lipinski definition) is 1. The zero-order valence-corrected chi connectivity index (χ0v) is 11.9. The van der Waals surface area contributed by atoms with Crippen molar-refractivity contribution >= 4 is 6.09 Å². The topological polar surface area (TPSA) is 41.6 Å². The summed E-state index contributed by atoms with van der Waals surface area (Å²) in [5.74, 6) is 0. The Morgan fingerprint density at radius 3 is 2.83 bits per heavy atom. The molecule has 0 aromatic heterocycles. The first-order chi connectivity index (χ1) is 8.42. The SMILES string of the molecule is C=CCN1CCCCC1CNC(=O)OC(C)(C)C. The maximum Gasteiger partial charge on any atom is 0.407 e. The van der Waals surface area contributed by atoms with Gasteiger partial charge in [0.25, 0.3) is 0 Å². The molecule has 1 atom stereocenters. The fraction of sp³-hybridized carbons (Fsp3) is 0.786. The standard InChI is InChI=1S/C14H26N2O2/c1-5-9-16-10-7-6-8-12(16)11-15-13(17)18-14(2,3)4/h5,12H,1,6-11H2,2-4H3,(H,15,17). The second-order valence-electron chi connectivity index (χ2n) is 5.82. The third-order valence-electron chi connectivity index (χ3n) is 2.99. The summed E-state index contributed by atoms with van der Waals surface area (Å²) < 4.78 is 5.24. The summed E-state index contributed by atoms with van der Waals surface area (Å²) >= 11 is 0. The predicted octanol–water partition coefficient (Wildman–Crippen LogP) is 2.55. The molecule has 0 aromatic carbocycles. The number of amides is 1. The summed E-state index contributed by atoms with van der Waals surface area (Å²) in [4.78, 5) is 14.0. The Balaban J connectivity index is 2.36. The average Bonchev–Trinajstić information content (AvgIpc) is 2.26. The van der Waals surface area contributed by atoms with Crippen molar-refractivity contribution < 1.29 is 9.53 Å². The van der Waals surface area contributed by atoms with Gasteiger partial charge >= 0.3 is 6.09 Å². The van der Waals surface area contributed by atoms with E-state index in [-0.39, 0.29) is 6.09 Å². The van der Waals surface area contributed by atoms with E-state index in [1.807, 2.05) is 26.8 Å². The van der Waals surface area contributed by atoms with Crippen LogP contribution >= 0.6 is 0 Å². The van der Waals surface area contributed by atoms with Gasteiger partial charge in [-0.2, -0.15) is 0 Å². The van der Waals surface area contributed by atoms with Crippen LogP contribution in [0.1, 0.15) is 40.0 Å². The van der Waals surface area contributed by atoms with Gasteiger partial charge in [0, 0.05) is 19.1 Å². The third-order valence-corrected chi connectivity index (χ3v) is 2.99. The van der Waals surface area contributed by atoms with Gasteiger partial charge < -0.3 is 10.1 Å². The van der Waals surface area contributed by atoms with Crippen LogP contribution in [0.3, 0.4) is 0 Å². The van der Waals surface area contributed by atoms with Gasteiger partial charge in [-0.05, 0) is 40.2 Å². The minimum Gasteiger partial charge on any atom is -0.444 e. The molecule has 104 valence electrons. The van der Waals surface area contributed by atoms with Crippen molar-refractivity contribution in [1.29, 1.82) is 0 Å². The summed E-state index contributed by atoms with van der Waals surface area (Å²) in [6.45, 7) is 12.0. The maximum atomic E-state index is 11.6. The van der Waals surface area contributed by atoms with Crippen LogP contribution in [-0.4, -0.2) is 42.3 Å². The van der Waals surface area contributed by atoms with Gasteiger partial charge in [-0.25, -0.2) is 4.79 Å². The Bertz CT molecular complexity index is 284. The van der Waals surface area contributed by atoms with Crippen LogP contribution in [0.15, 0.2) is 12.7 Å². The summed E-state index contributed by atoms with van der Waals surface area (Å²) in [5, 5.41) is 2.86. The van der Waals surface area contributed by atoms with Crippen LogP contribution in [0.4, 0.5) is 4.79 Å². The lowest BCUT2D eigenvalue weighted by atomic mass is 10.0. The first kappa shape index (κ1) is 15.0. The molecule has 1 unspecified atom stereocenters. The van der Waals surface area contributed by atoms with Crippen molar-refractivity contribution in [2.24, 2.45) is 0 Å². The molecule has 0 radical (unpaired) electrons. The number of nitrogens with zero attached hydrogens (tertiary/aromatic N) is 1. The van der Waals surface area contributed by atoms with Crippen LogP contribution in [0, 0.1) is 0 Å². The molecule has 0 saturated carbocycles. The van der Waals surface area contributed by atoms with Crippen molar-refractivity contribution in [3.63, 3.8) is 0 Å². The molecule has 0 aliphatic carbocycles. The van der Waals surface area contributed by atoms with Crippen molar-refractivity contribution in [2.75, 3.05) is 19.6 Å². The van der Waals surface area contributed by atoms with E-state index in [4.69, 9.17) is 4.74 Å². The lowest BCUT2D eigenvalue weighted by molar-refractivity contribution is 0.0499. The summed E-state index contributed by atoms with van der Waals surface area (Å²) in [6, 6.07) is 0.407. The average molecular weight is 254 g/mol. The molecule has 1 heterocycles. The van der Waals surface area contributed by atoms with E-state index in [0.29, 0.717) is 12.6 Å². The van der Waals surface area contributed by atoms with Crippen LogP contribution < -0.4 is 5.32 Å². The van der Waals surface area contributed by atoms with Crippen molar-refractivity contribution in [3.8, 4) is 0 Å². The third kappa shape index (κ3) is 5.54. The molecule has 0 aromatic rings. The molecule has 1 rings (SSSR count). The van der Waals surface area contributed by atoms with E-state index in [9.17, 15) is 4.79 Å². The molecule has 4 nitrogen and oxygen atoms in total. The highest BCUT2D eigenvalue weighted by Gasteiger charge is 2.23. The Hall–Kier alpha value is -1.03. The van der Waals surface area contributed by atoms with Gasteiger partial charge in [-0.3, -0.25) is 4.90 Å². The Morgan fingerprint density at radius 1 is 1.50 bits per heavy atom. The number of likely N-dealkylation sites (tertiary alicyclic amines) is 1. The van der Waals surface area contributed by atoms with E-state index in [1.54, 1.807) is 0 Å². The molecule has 4 heteroatoms. The Morgan fingerprint density at radius 2 is 2.22 bits per heavy atom. The minimum atomic E-state index is -0.433. The van der Waals surface area contributed by atoms with Gasteiger partial charge in [0.15, 0.2) is 0 Å². The number of carbonyl (C=O) groups excluding carboxylic acids is 1. The fourth-order valence-electron chi connectivity index (χ4n) is 2.21. The van der Waals surface area contributed by atoms with Gasteiger partial charge in [0.1, 0.15) is 5.60 Å². The second kappa shape index (κ2) is 6.78. The molecule has 1 amide bonds. The number of hydrogen-bond acceptors (Lipinski definition) is 3. The number of nitrogens with one attached hydrogen (secondary N) is 1. The van der Waals surface area contributed by atoms with Gasteiger partial charge in [0.2, 0.25) is 0 Å². The van der Waals surface area contributed by atoms with Crippen LogP contribution in [0.25, 0.3) is 0 Å². The van der Waals surface area contributed by atoms with E-state index < -0.39 is 5.60 Å². The molecule has 1 N–H and O–H groups in total. The molecule has 18 heavy (non-hydrogen) atoms. The smallest absolute Gasteiger partial charge is 0.407 e. The highest BCUT2D eigenvalue weighted by Crippen LogP contribution is 2.16. The number of piperidine rings is 1. The summed E-state index contributed by atoms with van der Waals surface area (Å²) in [7, 11) is 0. The van der Waals surface area contributed by atoms with E-state index >= 15 is 0 Å². The van der Waals surface area contributed by atoms with E-state index in [2.05, 4.69) is 16.8 Å². The molecule has 1 saturated heterocycles. The van der Waals surface area contributed by atoms with Crippen molar-refractivity contribution in [2.45, 2.75) is 51.7 Å². The van der Waals surface area contributed by atoms with Crippen LogP contribution in [-0.2, 0) is 4.74 Å². The van der Waals surface area contributed by atoms with Crippen LogP contribution in [0.2, 0.25) is 0 Å². The zero-order valence-electron chi connectivity index (χ0n) is 11.9. The van der Waals surface area contributed by atoms with Crippen molar-refractivity contribution in [3.05, 3.63) is 12.7 Å². The fourth-order valence-corrected chi connectivity index (χ4v) is 2.21. The molecular formula is C14H26N2O2. The van der Waals surface area contributed by atoms with Gasteiger partial charge in [0.05, 0.1) is 0 Å². The molecule has 1 fully saturated rings. The number of ether oxygens (including phenoxy) is 1. The van der Waals surface area contributed by atoms with Crippen LogP contribution in [0.5, 0.6) is 0 Å². The van der Waals surface area contributed by atoms with Crippen molar-refractivity contribution in [1.82, 2.24) is 10.2 Å². The largest absolute Gasteiger partial charge is 0.444 e. The lowest BCUT2D eigenvalue weighted by Crippen LogP contribution is -2.47. The van der Waals surface area contributed by atoms with Gasteiger partial charge in [-0.1, -0.05) is 12.5 Å². The van der Waals surface area contributed by atoms with E-state index in [0.717, 1.165) is 19.5 Å². The minimum absolute atomic E-state index is 0.327. The zero-order chi connectivity index (χ0) is 13.6. The number of rotatable bonds is 4. The lowest BCUT2D eigenvalue weighted by Gasteiger charge is -2.35. The predicted molar refractivity (Wildman–Crippen MR) is 73.6 cm³/mol. The first-order valence-corrected chi connectivity index (χ1v) is 6.74. The molecule has 0 spiro atoms. The maximum absolute atomic E-state index is 11.6. The summed E-state index contributed by atoms with van der Waals surface area (Å²) in [6.07, 6.45) is 5.19. The first-order valence-electron chi connectivity index (χ1n) is 6.74. The molecule has 0 bridgehead atoms. The summed E-state index contributed by atoms with van der Waals surface area (Å²) in [5.41, 5.74) is -0.433. The second-order valence-corrected chi connectivity index (χ2v) is 5.82. The monoisotopic (exact) mass is 254 g/mol. The number of carbonyl (C=O) groups is 1. The van der Waals surface area contributed by atoms with E-state index in [1.165, 1.54) is 12.8 Å². The highest BCUT2D eigenvalue weighted by atomic mass is 16.6. The Labute approximate surface area is 110 Å². The Kier molecular flexibility index (Phi) is 5.66. The molecule has 1 aliphatic rings. The normalized spacial score (nSPS) is 21.4. The highest BCUT2D eigenvalue weighted by molar-refractivity contribution is 5.67. The number of alkyl carbamates (subject to hydrolysis) is 1. The molecule has 1 aliphatic heterocycles. The van der Waals surface area contributed by atoms with Gasteiger partial charge in [-0.15, -0.1) is 6.58 Å².